The predicted octanol–water partition coefficient (Wildman–Crippen LogP) is 4.42. The summed E-state index contributed by atoms with van der Waals surface area (Å²) in [7, 11) is 1.77. The highest BCUT2D eigenvalue weighted by Crippen LogP contribution is 2.32. The van der Waals surface area contributed by atoms with Gasteiger partial charge in [0.2, 0.25) is 5.91 Å². The number of halogens is 1. The summed E-state index contributed by atoms with van der Waals surface area (Å²) in [4.78, 5) is 27.0. The number of nitrogens with one attached hydrogen (secondary N) is 1. The number of hydrogen-bond acceptors (Lipinski definition) is 6. The summed E-state index contributed by atoms with van der Waals surface area (Å²) in [5.74, 6) is 5.88. The topological polar surface area (TPSA) is 106 Å². The van der Waals surface area contributed by atoms with Crippen LogP contribution in [0.15, 0.2) is 48.7 Å². The summed E-state index contributed by atoms with van der Waals surface area (Å²) in [6.07, 6.45) is 1.22. The summed E-state index contributed by atoms with van der Waals surface area (Å²) < 4.78 is 12.5. The molecule has 1 fully saturated rings. The van der Waals surface area contributed by atoms with Gasteiger partial charge in [-0.1, -0.05) is 23.4 Å². The average Bonchev–Trinajstić information content (AvgIpc) is 3.24. The van der Waals surface area contributed by atoms with Crippen molar-refractivity contribution in [1.82, 2.24) is 14.7 Å². The molecule has 2 N–H and O–H groups in total. The third-order valence-corrected chi connectivity index (χ3v) is 5.83. The van der Waals surface area contributed by atoms with Gasteiger partial charge in [-0.2, -0.15) is 5.10 Å². The minimum atomic E-state index is -0.801. The number of hydrogen-bond donors (Lipinski definition) is 2. The van der Waals surface area contributed by atoms with E-state index in [4.69, 9.17) is 21.1 Å². The zero-order valence-corrected chi connectivity index (χ0v) is 22.4. The standard InChI is InChI=1S/C28H29ClN4O5/c1-28(2,3)38-27(36)33-13-14-37-17-23(33)26(35)30-21-10-6-18(7-11-21)5-8-19-16-32(4)31-25(19)22-15-20(29)9-12-24(22)34/h6-7,9-12,15-16,23,34H,13-14,17H2,1-4H3,(H,30,35)/t23-/m0/s1. The first-order chi connectivity index (χ1) is 18.0. The summed E-state index contributed by atoms with van der Waals surface area (Å²) in [6, 6.07) is 11.0. The summed E-state index contributed by atoms with van der Waals surface area (Å²) >= 11 is 6.10. The fraction of sp³-hybridized carbons (Fsp3) is 0.321. The highest BCUT2D eigenvalue weighted by molar-refractivity contribution is 6.31. The van der Waals surface area contributed by atoms with E-state index in [2.05, 4.69) is 22.3 Å². The number of carbonyl (C=O) groups is 2. The second-order valence-electron chi connectivity index (χ2n) is 9.81. The zero-order chi connectivity index (χ0) is 27.4. The van der Waals surface area contributed by atoms with Crippen molar-refractivity contribution in [2.45, 2.75) is 32.4 Å². The second kappa shape index (κ2) is 11.2. The Morgan fingerprint density at radius 1 is 1.18 bits per heavy atom. The number of nitrogens with zero attached hydrogens (tertiary/aromatic N) is 3. The van der Waals surface area contributed by atoms with Gasteiger partial charge in [-0.3, -0.25) is 14.4 Å². The number of benzene rings is 2. The van der Waals surface area contributed by atoms with Gasteiger partial charge in [0.1, 0.15) is 23.1 Å². The fourth-order valence-electron chi connectivity index (χ4n) is 3.84. The molecule has 2 heterocycles. The quantitative estimate of drug-likeness (QED) is 0.480. The molecule has 9 nitrogen and oxygen atoms in total. The number of phenols is 1. The van der Waals surface area contributed by atoms with Crippen molar-refractivity contribution < 1.29 is 24.2 Å². The van der Waals surface area contributed by atoms with Gasteiger partial charge < -0.3 is 19.9 Å². The Morgan fingerprint density at radius 2 is 1.92 bits per heavy atom. The van der Waals surface area contributed by atoms with E-state index in [0.717, 1.165) is 0 Å². The smallest absolute Gasteiger partial charge is 0.411 e. The van der Waals surface area contributed by atoms with Crippen molar-refractivity contribution in [1.29, 1.82) is 0 Å². The average molecular weight is 537 g/mol. The maximum Gasteiger partial charge on any atom is 0.411 e. The van der Waals surface area contributed by atoms with Crippen LogP contribution in [0.25, 0.3) is 11.3 Å². The zero-order valence-electron chi connectivity index (χ0n) is 21.6. The van der Waals surface area contributed by atoms with E-state index in [1.807, 2.05) is 0 Å². The van der Waals surface area contributed by atoms with E-state index >= 15 is 0 Å². The monoisotopic (exact) mass is 536 g/mol. The van der Waals surface area contributed by atoms with E-state index in [9.17, 15) is 14.7 Å². The van der Waals surface area contributed by atoms with Gasteiger partial charge in [0.05, 0.1) is 18.8 Å². The number of aromatic nitrogens is 2. The third kappa shape index (κ3) is 6.65. The Morgan fingerprint density at radius 3 is 2.63 bits per heavy atom. The molecule has 0 bridgehead atoms. The molecule has 2 amide bonds. The molecule has 0 radical (unpaired) electrons. The number of ether oxygens (including phenoxy) is 2. The molecular formula is C28H29ClN4O5. The number of rotatable bonds is 3. The molecule has 1 saturated heterocycles. The molecule has 1 aliphatic rings. The first-order valence-corrected chi connectivity index (χ1v) is 12.4. The minimum Gasteiger partial charge on any atom is -0.507 e. The molecule has 1 aliphatic heterocycles. The van der Waals surface area contributed by atoms with Crippen molar-refractivity contribution in [2.75, 3.05) is 25.1 Å². The molecule has 10 heteroatoms. The van der Waals surface area contributed by atoms with Gasteiger partial charge in [0.15, 0.2) is 0 Å². The maximum absolute atomic E-state index is 13.0. The number of morpholine rings is 1. The highest BCUT2D eigenvalue weighted by Gasteiger charge is 2.35. The van der Waals surface area contributed by atoms with Crippen molar-refractivity contribution in [3.8, 4) is 28.8 Å². The van der Waals surface area contributed by atoms with Crippen LogP contribution >= 0.6 is 11.6 Å². The summed E-state index contributed by atoms with van der Waals surface area (Å²) in [5.41, 5.74) is 2.24. The molecule has 4 rings (SSSR count). The van der Waals surface area contributed by atoms with Crippen LogP contribution in [-0.2, 0) is 21.3 Å². The van der Waals surface area contributed by atoms with Crippen LogP contribution in [-0.4, -0.2) is 63.2 Å². The number of amides is 2. The Hall–Kier alpha value is -4.00. The van der Waals surface area contributed by atoms with Crippen molar-refractivity contribution in [3.63, 3.8) is 0 Å². The Labute approximate surface area is 226 Å². The predicted molar refractivity (Wildman–Crippen MR) is 144 cm³/mol. The molecule has 0 saturated carbocycles. The Kier molecular flexibility index (Phi) is 7.95. The van der Waals surface area contributed by atoms with E-state index in [0.29, 0.717) is 39.7 Å². The van der Waals surface area contributed by atoms with Crippen molar-refractivity contribution in [3.05, 3.63) is 64.8 Å². The number of aryl methyl sites for hydroxylation is 1. The molecular weight excluding hydrogens is 508 g/mol. The lowest BCUT2D eigenvalue weighted by molar-refractivity contribution is -0.127. The van der Waals surface area contributed by atoms with Crippen molar-refractivity contribution >= 4 is 29.3 Å². The SMILES string of the molecule is Cn1cc(C#Cc2ccc(NC(=O)[C@@H]3COCCN3C(=O)OC(C)(C)C)cc2)c(-c2cc(Cl)ccc2O)n1. The van der Waals surface area contributed by atoms with E-state index < -0.39 is 17.7 Å². The molecule has 1 atom stereocenters. The highest BCUT2D eigenvalue weighted by atomic mass is 35.5. The fourth-order valence-corrected chi connectivity index (χ4v) is 4.01. The molecule has 1 aromatic heterocycles. The van der Waals surface area contributed by atoms with Gasteiger partial charge in [-0.05, 0) is 63.2 Å². The lowest BCUT2D eigenvalue weighted by atomic mass is 10.1. The summed E-state index contributed by atoms with van der Waals surface area (Å²) in [6.45, 7) is 6.03. The van der Waals surface area contributed by atoms with Crippen LogP contribution < -0.4 is 5.32 Å². The van der Waals surface area contributed by atoms with Gasteiger partial charge in [0.25, 0.3) is 0 Å². The van der Waals surface area contributed by atoms with Crippen LogP contribution in [0.5, 0.6) is 5.75 Å². The Balaban J connectivity index is 1.47. The van der Waals surface area contributed by atoms with Crippen LogP contribution in [0.2, 0.25) is 5.02 Å². The molecule has 198 valence electrons. The third-order valence-electron chi connectivity index (χ3n) is 5.60. The number of phenolic OH excluding ortho intramolecular Hbond substituents is 1. The van der Waals surface area contributed by atoms with Crippen LogP contribution in [0.4, 0.5) is 10.5 Å². The molecule has 2 aromatic carbocycles. The van der Waals surface area contributed by atoms with Crippen LogP contribution in [0, 0.1) is 11.8 Å². The Bertz CT molecular complexity index is 1400. The number of carbonyl (C=O) groups excluding carboxylic acids is 2. The number of aromatic hydroxyl groups is 1. The van der Waals surface area contributed by atoms with E-state index in [1.54, 1.807) is 75.1 Å². The molecule has 0 aliphatic carbocycles. The minimum absolute atomic E-state index is 0.0600. The summed E-state index contributed by atoms with van der Waals surface area (Å²) in [5, 5.41) is 18.0. The molecule has 0 spiro atoms. The van der Waals surface area contributed by atoms with Gasteiger partial charge in [-0.25, -0.2) is 4.79 Å². The van der Waals surface area contributed by atoms with Gasteiger partial charge >= 0.3 is 6.09 Å². The first kappa shape index (κ1) is 27.0. The lowest BCUT2D eigenvalue weighted by Crippen LogP contribution is -2.55. The van der Waals surface area contributed by atoms with E-state index in [1.165, 1.54) is 11.0 Å². The molecule has 3 aromatic rings. The first-order valence-electron chi connectivity index (χ1n) is 12.0. The van der Waals surface area contributed by atoms with Gasteiger partial charge in [0, 0.05) is 41.6 Å². The lowest BCUT2D eigenvalue weighted by Gasteiger charge is -2.35. The van der Waals surface area contributed by atoms with Crippen molar-refractivity contribution in [2.24, 2.45) is 7.05 Å². The second-order valence-corrected chi connectivity index (χ2v) is 10.2. The maximum atomic E-state index is 13.0. The number of anilines is 1. The molecule has 0 unspecified atom stereocenters. The molecule has 38 heavy (non-hydrogen) atoms. The van der Waals surface area contributed by atoms with Crippen LogP contribution in [0.1, 0.15) is 31.9 Å². The van der Waals surface area contributed by atoms with E-state index in [-0.39, 0.29) is 24.8 Å². The largest absolute Gasteiger partial charge is 0.507 e. The normalized spacial score (nSPS) is 15.4. The van der Waals surface area contributed by atoms with Gasteiger partial charge in [-0.15, -0.1) is 0 Å². The van der Waals surface area contributed by atoms with Crippen LogP contribution in [0.3, 0.4) is 0 Å².